The van der Waals surface area contributed by atoms with Crippen LogP contribution in [0.2, 0.25) is 0 Å². The highest BCUT2D eigenvalue weighted by Crippen LogP contribution is 2.32. The van der Waals surface area contributed by atoms with Crippen molar-refractivity contribution in [3.05, 3.63) is 82.2 Å². The van der Waals surface area contributed by atoms with Gasteiger partial charge in [-0.2, -0.15) is 13.2 Å². The number of imidazole rings is 1. The number of benzene rings is 1. The quantitative estimate of drug-likeness (QED) is 0.351. The molecule has 7 nitrogen and oxygen atoms in total. The number of pyridine rings is 1. The van der Waals surface area contributed by atoms with Crippen LogP contribution in [0.15, 0.2) is 59.7 Å². The number of aromatic nitrogens is 3. The minimum atomic E-state index is -4.39. The van der Waals surface area contributed by atoms with Gasteiger partial charge in [-0.25, -0.2) is 4.98 Å². The van der Waals surface area contributed by atoms with Crippen LogP contribution >= 0.6 is 0 Å². The number of hydrogen-bond acceptors (Lipinski definition) is 5. The number of esters is 1. The fourth-order valence-corrected chi connectivity index (χ4v) is 4.62. The van der Waals surface area contributed by atoms with Gasteiger partial charge in [0.1, 0.15) is 5.82 Å². The molecule has 10 heteroatoms. The van der Waals surface area contributed by atoms with Crippen molar-refractivity contribution in [1.82, 2.24) is 20.3 Å². The molecule has 1 unspecified atom stereocenters. The number of dihydropyridines is 1. The molecular formula is C28H31F3N4O3. The monoisotopic (exact) mass is 528 g/mol. The molecule has 5 rings (SSSR count). The molecule has 1 atom stereocenters. The van der Waals surface area contributed by atoms with E-state index in [4.69, 9.17) is 4.74 Å². The van der Waals surface area contributed by atoms with Crippen LogP contribution in [0.25, 0.3) is 16.6 Å². The molecule has 0 saturated heterocycles. The summed E-state index contributed by atoms with van der Waals surface area (Å²) in [5.74, 6) is 1.07. The van der Waals surface area contributed by atoms with E-state index >= 15 is 0 Å². The highest BCUT2D eigenvalue weighted by molar-refractivity contribution is 5.82. The zero-order valence-corrected chi connectivity index (χ0v) is 21.1. The summed E-state index contributed by atoms with van der Waals surface area (Å²) in [6.45, 7) is 2.38. The van der Waals surface area contributed by atoms with Gasteiger partial charge in [0.2, 0.25) is 5.56 Å². The molecule has 202 valence electrons. The molecule has 38 heavy (non-hydrogen) atoms. The summed E-state index contributed by atoms with van der Waals surface area (Å²) in [6, 6.07) is 6.47. The van der Waals surface area contributed by atoms with Gasteiger partial charge in [-0.05, 0) is 55.5 Å². The largest absolute Gasteiger partial charge is 0.466 e. The summed E-state index contributed by atoms with van der Waals surface area (Å²) in [7, 11) is 0. The summed E-state index contributed by atoms with van der Waals surface area (Å²) in [5, 5.41) is 3.17. The molecule has 0 bridgehead atoms. The molecule has 0 spiro atoms. The molecule has 3 heterocycles. The number of hydrogen-bond donors (Lipinski definition) is 3. The average Bonchev–Trinajstić information content (AvgIpc) is 3.34. The van der Waals surface area contributed by atoms with Crippen LogP contribution in [0, 0.1) is 5.92 Å². The number of allylic oxidation sites excluding steroid dienone is 2. The van der Waals surface area contributed by atoms with Gasteiger partial charge in [-0.15, -0.1) is 0 Å². The van der Waals surface area contributed by atoms with Gasteiger partial charge in [0.25, 0.3) is 0 Å². The Balaban J connectivity index is 0.000000236. The molecule has 2 aliphatic rings. The number of fused-ring (bicyclic) bond motifs is 1. The van der Waals surface area contributed by atoms with E-state index in [-0.39, 0.29) is 17.6 Å². The lowest BCUT2D eigenvalue weighted by molar-refractivity contribution is -0.144. The van der Waals surface area contributed by atoms with Crippen molar-refractivity contribution in [3.63, 3.8) is 0 Å². The lowest BCUT2D eigenvalue weighted by Gasteiger charge is -2.20. The number of nitrogens with one attached hydrogen (secondary N) is 3. The molecule has 0 amide bonds. The molecule has 1 aromatic carbocycles. The Bertz CT molecular complexity index is 1350. The van der Waals surface area contributed by atoms with Gasteiger partial charge in [0.15, 0.2) is 0 Å². The Morgan fingerprint density at radius 1 is 1.13 bits per heavy atom. The molecule has 1 aliphatic heterocycles. The second-order valence-corrected chi connectivity index (χ2v) is 9.42. The Kier molecular flexibility index (Phi) is 8.70. The van der Waals surface area contributed by atoms with E-state index in [1.807, 2.05) is 19.1 Å². The van der Waals surface area contributed by atoms with Gasteiger partial charge >= 0.3 is 12.1 Å². The van der Waals surface area contributed by atoms with Crippen LogP contribution in [-0.4, -0.2) is 27.5 Å². The molecule has 1 aliphatic carbocycles. The maximum absolute atomic E-state index is 12.8. The van der Waals surface area contributed by atoms with Gasteiger partial charge < -0.3 is 20.0 Å². The van der Waals surface area contributed by atoms with Crippen LogP contribution in [-0.2, 0) is 15.7 Å². The van der Waals surface area contributed by atoms with E-state index in [0.717, 1.165) is 23.3 Å². The third-order valence-electron chi connectivity index (χ3n) is 6.62. The van der Waals surface area contributed by atoms with Gasteiger partial charge in [0.05, 0.1) is 29.2 Å². The van der Waals surface area contributed by atoms with Crippen molar-refractivity contribution >= 4 is 22.6 Å². The van der Waals surface area contributed by atoms with Crippen molar-refractivity contribution in [1.29, 1.82) is 0 Å². The predicted octanol–water partition coefficient (Wildman–Crippen LogP) is 6.03. The van der Waals surface area contributed by atoms with Gasteiger partial charge in [-0.1, -0.05) is 31.4 Å². The fourth-order valence-electron chi connectivity index (χ4n) is 4.62. The normalized spacial score (nSPS) is 17.8. The fraction of sp³-hybridized carbons (Fsp3) is 0.393. The van der Waals surface area contributed by atoms with Crippen molar-refractivity contribution in [2.24, 2.45) is 5.92 Å². The minimum absolute atomic E-state index is 0.00981. The van der Waals surface area contributed by atoms with Crippen molar-refractivity contribution in [2.75, 3.05) is 6.61 Å². The lowest BCUT2D eigenvalue weighted by atomic mass is 9.87. The van der Waals surface area contributed by atoms with Gasteiger partial charge in [0, 0.05) is 30.5 Å². The number of alkyl halides is 3. The summed E-state index contributed by atoms with van der Waals surface area (Å²) in [4.78, 5) is 32.1. The average molecular weight is 529 g/mol. The number of halogens is 3. The Hall–Kier alpha value is -3.82. The van der Waals surface area contributed by atoms with Crippen LogP contribution in [0.4, 0.5) is 13.2 Å². The van der Waals surface area contributed by atoms with Crippen LogP contribution in [0.3, 0.4) is 0 Å². The van der Waals surface area contributed by atoms with E-state index in [1.165, 1.54) is 44.2 Å². The standard InChI is InChI=1S/C18H13F3N4O.C10H18O2/c19-18(20,21)12-3-5-14-15(7-12)25-17(24-14)11-1-4-13(22-9-11)10-2-6-16(26)23-8-10;1-2-12-10(11)8-9-6-4-3-5-7-9/h1-9,13,22H,(H,23,26)(H,24,25);9H,2-8H2,1H3. The van der Waals surface area contributed by atoms with Crippen molar-refractivity contribution in [3.8, 4) is 0 Å². The SMILES string of the molecule is CCOC(=O)CC1CCCCC1.O=c1ccc(C2C=CC(c3nc4ccc(C(F)(F)F)cc4[nH]3)=CN2)c[nH]1. The number of carbonyl (C=O) groups is 1. The van der Waals surface area contributed by atoms with Crippen molar-refractivity contribution in [2.45, 2.75) is 57.7 Å². The van der Waals surface area contributed by atoms with Gasteiger partial charge in [-0.3, -0.25) is 9.59 Å². The number of H-pyrrole nitrogens is 2. The Morgan fingerprint density at radius 3 is 2.55 bits per heavy atom. The molecule has 1 saturated carbocycles. The highest BCUT2D eigenvalue weighted by atomic mass is 19.4. The van der Waals surface area contributed by atoms with E-state index in [9.17, 15) is 22.8 Å². The lowest BCUT2D eigenvalue weighted by Crippen LogP contribution is -2.18. The Morgan fingerprint density at radius 2 is 1.92 bits per heavy atom. The topological polar surface area (TPSA) is 99.9 Å². The number of rotatable bonds is 5. The third kappa shape index (κ3) is 7.14. The molecule has 3 aromatic rings. The van der Waals surface area contributed by atoms with Crippen LogP contribution in [0.5, 0.6) is 0 Å². The minimum Gasteiger partial charge on any atom is -0.466 e. The first-order valence-corrected chi connectivity index (χ1v) is 12.8. The molecule has 3 N–H and O–H groups in total. The first kappa shape index (κ1) is 27.2. The van der Waals surface area contributed by atoms with E-state index in [0.29, 0.717) is 35.8 Å². The summed E-state index contributed by atoms with van der Waals surface area (Å²) < 4.78 is 43.4. The first-order chi connectivity index (χ1) is 18.2. The Labute approximate surface area is 218 Å². The number of nitrogens with zero attached hydrogens (tertiary/aromatic N) is 1. The summed E-state index contributed by atoms with van der Waals surface area (Å²) in [6.07, 6.45) is 9.71. The van der Waals surface area contributed by atoms with E-state index in [2.05, 4.69) is 20.3 Å². The highest BCUT2D eigenvalue weighted by Gasteiger charge is 2.30. The van der Waals surface area contributed by atoms with Crippen LogP contribution in [0.1, 0.15) is 68.4 Å². The number of ether oxygens (including phenoxy) is 1. The molecule has 1 fully saturated rings. The third-order valence-corrected chi connectivity index (χ3v) is 6.62. The van der Waals surface area contributed by atoms with Crippen LogP contribution < -0.4 is 10.9 Å². The summed E-state index contributed by atoms with van der Waals surface area (Å²) >= 11 is 0. The molecular weight excluding hydrogens is 497 g/mol. The molecule has 0 radical (unpaired) electrons. The predicted molar refractivity (Wildman–Crippen MR) is 139 cm³/mol. The zero-order valence-electron chi connectivity index (χ0n) is 21.1. The maximum atomic E-state index is 12.8. The zero-order chi connectivity index (χ0) is 27.1. The van der Waals surface area contributed by atoms with E-state index < -0.39 is 11.7 Å². The molecule has 2 aromatic heterocycles. The summed E-state index contributed by atoms with van der Waals surface area (Å²) in [5.41, 5.74) is 1.50. The second kappa shape index (κ2) is 12.1. The van der Waals surface area contributed by atoms with E-state index in [1.54, 1.807) is 18.5 Å². The number of carbonyl (C=O) groups excluding carboxylic acids is 1. The smallest absolute Gasteiger partial charge is 0.416 e. The second-order valence-electron chi connectivity index (χ2n) is 9.42. The first-order valence-electron chi connectivity index (χ1n) is 12.8. The maximum Gasteiger partial charge on any atom is 0.416 e. The number of aromatic amines is 2. The van der Waals surface area contributed by atoms with Crippen molar-refractivity contribution < 1.29 is 22.7 Å².